The van der Waals surface area contributed by atoms with Gasteiger partial charge in [0, 0.05) is 40.6 Å². The fourth-order valence-corrected chi connectivity index (χ4v) is 5.54. The monoisotopic (exact) mass is 473 g/mol. The summed E-state index contributed by atoms with van der Waals surface area (Å²) in [5, 5.41) is 4.73. The second kappa shape index (κ2) is 8.38. The Morgan fingerprint density at radius 3 is 2.53 bits per heavy atom. The number of ether oxygens (including phenoxy) is 1. The summed E-state index contributed by atoms with van der Waals surface area (Å²) < 4.78 is 8.60. The molecule has 0 saturated heterocycles. The van der Waals surface area contributed by atoms with Crippen LogP contribution in [0.1, 0.15) is 39.8 Å². The van der Waals surface area contributed by atoms with Crippen LogP contribution in [-0.2, 0) is 17.0 Å². The summed E-state index contributed by atoms with van der Waals surface area (Å²) in [6.07, 6.45) is 1.72. The van der Waals surface area contributed by atoms with Gasteiger partial charge in [0.15, 0.2) is 0 Å². The lowest BCUT2D eigenvalue weighted by Crippen LogP contribution is -2.38. The molecule has 2 aromatic heterocycles. The Bertz CT molecular complexity index is 1630. The van der Waals surface area contributed by atoms with Gasteiger partial charge in [-0.2, -0.15) is 0 Å². The van der Waals surface area contributed by atoms with Crippen molar-refractivity contribution in [1.29, 1.82) is 0 Å². The van der Waals surface area contributed by atoms with Gasteiger partial charge < -0.3 is 14.6 Å². The number of hydrogen-bond donors (Lipinski definition) is 1. The van der Waals surface area contributed by atoms with E-state index in [0.29, 0.717) is 11.3 Å². The highest BCUT2D eigenvalue weighted by Gasteiger charge is 2.51. The number of nitrogens with one attached hydrogen (secondary N) is 1. The van der Waals surface area contributed by atoms with Crippen molar-refractivity contribution in [3.63, 3.8) is 0 Å². The smallest absolute Gasteiger partial charge is 0.342 e. The fourth-order valence-electron chi connectivity index (χ4n) is 5.54. The molecule has 5 nitrogen and oxygen atoms in total. The number of para-hydroxylation sites is 2. The summed E-state index contributed by atoms with van der Waals surface area (Å²) >= 11 is 0. The van der Waals surface area contributed by atoms with Crippen LogP contribution in [0.4, 0.5) is 5.69 Å². The lowest BCUT2D eigenvalue weighted by atomic mass is 9.93. The molecule has 1 unspecified atom stereocenters. The quantitative estimate of drug-likeness (QED) is 0.285. The number of pyridine rings is 1. The Kier molecular flexibility index (Phi) is 5.15. The maximum atomic E-state index is 13.3. The Balaban J connectivity index is 1.65. The van der Waals surface area contributed by atoms with Gasteiger partial charge in [0.05, 0.1) is 11.1 Å². The average molecular weight is 474 g/mol. The van der Waals surface area contributed by atoms with Gasteiger partial charge in [0.25, 0.3) is 5.72 Å². The molecule has 0 amide bonds. The van der Waals surface area contributed by atoms with Gasteiger partial charge in [0.1, 0.15) is 5.69 Å². The molecule has 1 aliphatic rings. The molecule has 0 fully saturated rings. The summed E-state index contributed by atoms with van der Waals surface area (Å²) in [6, 6.07) is 28.4. The van der Waals surface area contributed by atoms with Gasteiger partial charge in [-0.05, 0) is 50.6 Å². The minimum atomic E-state index is -1.28. The molecule has 6 rings (SSSR count). The zero-order chi connectivity index (χ0) is 24.9. The second-order valence-corrected chi connectivity index (χ2v) is 9.23. The van der Waals surface area contributed by atoms with E-state index in [1.807, 2.05) is 30.3 Å². The molecule has 1 aliphatic heterocycles. The number of fused-ring (bicyclic) bond motifs is 2. The van der Waals surface area contributed by atoms with Crippen molar-refractivity contribution in [2.24, 2.45) is 0 Å². The molecular weight excluding hydrogens is 446 g/mol. The Hall–Kier alpha value is -4.38. The molecule has 3 aromatic carbocycles. The van der Waals surface area contributed by atoms with Crippen molar-refractivity contribution in [2.45, 2.75) is 33.0 Å². The van der Waals surface area contributed by atoms with Gasteiger partial charge in [-0.3, -0.25) is 4.98 Å². The van der Waals surface area contributed by atoms with Crippen molar-refractivity contribution in [1.82, 2.24) is 9.55 Å². The standard InChI is InChI=1S/C31H27N3O2/c1-4-34-21(3)28(24-14-6-8-17-27(24)34)31(29-25(30(35)36-31)15-10-18-32-29)33-26-16-7-5-13-23(26)22-12-9-11-20(2)19-22/h5-19,33H,4H2,1-3H3. The molecular formula is C31H27N3O2. The first-order valence-corrected chi connectivity index (χ1v) is 12.2. The Morgan fingerprint density at radius 1 is 0.917 bits per heavy atom. The maximum absolute atomic E-state index is 13.3. The van der Waals surface area contributed by atoms with Crippen LogP contribution in [0.2, 0.25) is 0 Å². The summed E-state index contributed by atoms with van der Waals surface area (Å²) in [5.41, 5.74) is 6.97. The first-order chi connectivity index (χ1) is 17.5. The van der Waals surface area contributed by atoms with Crippen LogP contribution in [0, 0.1) is 13.8 Å². The van der Waals surface area contributed by atoms with Crippen LogP contribution in [0.25, 0.3) is 22.0 Å². The van der Waals surface area contributed by atoms with E-state index in [4.69, 9.17) is 9.72 Å². The van der Waals surface area contributed by atoms with Crippen molar-refractivity contribution in [3.8, 4) is 11.1 Å². The average Bonchev–Trinajstić information content (AvgIpc) is 3.35. The third-order valence-corrected chi connectivity index (χ3v) is 7.07. The summed E-state index contributed by atoms with van der Waals surface area (Å²) in [6.45, 7) is 7.10. The molecule has 3 heterocycles. The number of hydrogen-bond acceptors (Lipinski definition) is 4. The Labute approximate surface area is 210 Å². The fraction of sp³-hybridized carbons (Fsp3) is 0.161. The maximum Gasteiger partial charge on any atom is 0.342 e. The normalized spacial score (nSPS) is 16.7. The molecule has 0 saturated carbocycles. The number of benzene rings is 3. The SMILES string of the molecule is CCn1c(C)c(C2(Nc3ccccc3-c3cccc(C)c3)OC(=O)c3cccnc32)c2ccccc21. The highest BCUT2D eigenvalue weighted by atomic mass is 16.6. The number of aryl methyl sites for hydroxylation is 2. The van der Waals surface area contributed by atoms with E-state index < -0.39 is 5.72 Å². The number of carbonyl (C=O) groups is 1. The van der Waals surface area contributed by atoms with E-state index in [1.165, 1.54) is 5.56 Å². The third kappa shape index (κ3) is 3.23. The van der Waals surface area contributed by atoms with E-state index >= 15 is 0 Å². The molecule has 0 bridgehead atoms. The highest BCUT2D eigenvalue weighted by Crippen LogP contribution is 2.47. The van der Waals surface area contributed by atoms with Crippen LogP contribution < -0.4 is 5.32 Å². The minimum absolute atomic E-state index is 0.383. The topological polar surface area (TPSA) is 56.2 Å². The van der Waals surface area contributed by atoms with Gasteiger partial charge in [-0.1, -0.05) is 66.2 Å². The number of carbonyl (C=O) groups excluding carboxylic acids is 1. The predicted molar refractivity (Wildman–Crippen MR) is 143 cm³/mol. The molecule has 0 radical (unpaired) electrons. The number of esters is 1. The van der Waals surface area contributed by atoms with Crippen LogP contribution >= 0.6 is 0 Å². The molecule has 1 N–H and O–H groups in total. The zero-order valence-corrected chi connectivity index (χ0v) is 20.6. The number of cyclic esters (lactones) is 1. The zero-order valence-electron chi connectivity index (χ0n) is 20.6. The van der Waals surface area contributed by atoms with E-state index in [-0.39, 0.29) is 5.97 Å². The molecule has 1 atom stereocenters. The number of rotatable bonds is 5. The minimum Gasteiger partial charge on any atom is -0.425 e. The molecule has 5 heteroatoms. The predicted octanol–water partition coefficient (Wildman–Crippen LogP) is 6.82. The first kappa shape index (κ1) is 22.1. The van der Waals surface area contributed by atoms with Gasteiger partial charge >= 0.3 is 5.97 Å². The Morgan fingerprint density at radius 2 is 1.69 bits per heavy atom. The lowest BCUT2D eigenvalue weighted by Gasteiger charge is -2.32. The molecule has 0 aliphatic carbocycles. The summed E-state index contributed by atoms with van der Waals surface area (Å²) in [4.78, 5) is 18.0. The van der Waals surface area contributed by atoms with Crippen molar-refractivity contribution < 1.29 is 9.53 Å². The van der Waals surface area contributed by atoms with E-state index in [0.717, 1.165) is 45.5 Å². The second-order valence-electron chi connectivity index (χ2n) is 9.23. The summed E-state index contributed by atoms with van der Waals surface area (Å²) in [7, 11) is 0. The van der Waals surface area contributed by atoms with Crippen LogP contribution in [0.5, 0.6) is 0 Å². The van der Waals surface area contributed by atoms with E-state index in [2.05, 4.69) is 73.1 Å². The van der Waals surface area contributed by atoms with Crippen LogP contribution in [-0.4, -0.2) is 15.5 Å². The number of nitrogens with zero attached hydrogens (tertiary/aromatic N) is 2. The molecule has 5 aromatic rings. The summed E-state index contributed by atoms with van der Waals surface area (Å²) in [5.74, 6) is -0.383. The van der Waals surface area contributed by atoms with Gasteiger partial charge in [0.2, 0.25) is 0 Å². The van der Waals surface area contributed by atoms with Crippen molar-refractivity contribution in [2.75, 3.05) is 5.32 Å². The van der Waals surface area contributed by atoms with E-state index in [1.54, 1.807) is 18.3 Å². The largest absolute Gasteiger partial charge is 0.425 e. The van der Waals surface area contributed by atoms with E-state index in [9.17, 15) is 4.79 Å². The number of aromatic nitrogens is 2. The van der Waals surface area contributed by atoms with Crippen molar-refractivity contribution in [3.05, 3.63) is 119 Å². The molecule has 36 heavy (non-hydrogen) atoms. The third-order valence-electron chi connectivity index (χ3n) is 7.07. The van der Waals surface area contributed by atoms with Crippen LogP contribution in [0.3, 0.4) is 0 Å². The first-order valence-electron chi connectivity index (χ1n) is 12.2. The highest BCUT2D eigenvalue weighted by molar-refractivity contribution is 5.98. The lowest BCUT2D eigenvalue weighted by molar-refractivity contribution is 0.0206. The molecule has 0 spiro atoms. The molecule has 178 valence electrons. The van der Waals surface area contributed by atoms with Crippen LogP contribution in [0.15, 0.2) is 91.1 Å². The van der Waals surface area contributed by atoms with Gasteiger partial charge in [-0.15, -0.1) is 0 Å². The van der Waals surface area contributed by atoms with Crippen molar-refractivity contribution >= 4 is 22.6 Å². The number of anilines is 1. The van der Waals surface area contributed by atoms with Gasteiger partial charge in [-0.25, -0.2) is 4.79 Å².